The molecule has 1 aromatic rings. The van der Waals surface area contributed by atoms with Crippen LogP contribution in [0.2, 0.25) is 0 Å². The zero-order valence-corrected chi connectivity index (χ0v) is 13.6. The molecule has 0 saturated heterocycles. The Hall–Kier alpha value is -1.61. The number of carbonyl (C=O) groups is 1. The van der Waals surface area contributed by atoms with E-state index in [2.05, 4.69) is 29.6 Å². The molecule has 1 unspecified atom stereocenters. The molecule has 2 aliphatic rings. The van der Waals surface area contributed by atoms with Crippen molar-refractivity contribution in [3.05, 3.63) is 47.5 Å². The maximum atomic E-state index is 12.2. The fourth-order valence-corrected chi connectivity index (χ4v) is 3.68. The number of fused-ring (bicyclic) bond motifs is 1. The summed E-state index contributed by atoms with van der Waals surface area (Å²) in [6.45, 7) is 0.798. The van der Waals surface area contributed by atoms with Crippen LogP contribution in [-0.2, 0) is 11.2 Å². The van der Waals surface area contributed by atoms with E-state index in [0.29, 0.717) is 5.92 Å². The van der Waals surface area contributed by atoms with Crippen molar-refractivity contribution in [1.29, 1.82) is 0 Å². The number of likely N-dealkylation sites (N-methyl/N-ethyl adjacent to an activating group) is 1. The van der Waals surface area contributed by atoms with E-state index >= 15 is 0 Å². The van der Waals surface area contributed by atoms with E-state index in [-0.39, 0.29) is 11.4 Å². The van der Waals surface area contributed by atoms with Gasteiger partial charge in [-0.15, -0.1) is 0 Å². The number of hydrogen-bond acceptors (Lipinski definition) is 2. The third-order valence-electron chi connectivity index (χ3n) is 4.94. The van der Waals surface area contributed by atoms with Gasteiger partial charge in [-0.25, -0.2) is 0 Å². The third kappa shape index (κ3) is 3.25. The monoisotopic (exact) mass is 298 g/mol. The van der Waals surface area contributed by atoms with Crippen LogP contribution in [0.3, 0.4) is 0 Å². The van der Waals surface area contributed by atoms with Gasteiger partial charge in [0.25, 0.3) is 0 Å². The fraction of sp³-hybridized carbons (Fsp3) is 0.526. The third-order valence-corrected chi connectivity index (χ3v) is 4.94. The number of carbonyl (C=O) groups excluding carboxylic acids is 1. The van der Waals surface area contributed by atoms with Crippen molar-refractivity contribution in [2.24, 2.45) is 0 Å². The molecule has 0 aliphatic heterocycles. The Balaban J connectivity index is 1.70. The minimum Gasteiger partial charge on any atom is -0.347 e. The van der Waals surface area contributed by atoms with Crippen LogP contribution < -0.4 is 5.32 Å². The first kappa shape index (κ1) is 15.3. The molecule has 1 atom stereocenters. The second-order valence-electron chi connectivity index (χ2n) is 6.95. The summed E-state index contributed by atoms with van der Waals surface area (Å²) in [4.78, 5) is 14.3. The van der Waals surface area contributed by atoms with Crippen molar-refractivity contribution >= 4 is 5.91 Å². The van der Waals surface area contributed by atoms with Crippen LogP contribution in [0.15, 0.2) is 36.4 Å². The van der Waals surface area contributed by atoms with Gasteiger partial charge >= 0.3 is 0 Å². The first-order valence-corrected chi connectivity index (χ1v) is 8.32. The van der Waals surface area contributed by atoms with Gasteiger partial charge in [-0.1, -0.05) is 30.3 Å². The lowest BCUT2D eigenvalue weighted by Crippen LogP contribution is -2.42. The van der Waals surface area contributed by atoms with Gasteiger partial charge in [0.2, 0.25) is 5.91 Å². The zero-order valence-electron chi connectivity index (χ0n) is 13.6. The number of benzene rings is 1. The summed E-state index contributed by atoms with van der Waals surface area (Å²) in [5, 5.41) is 3.31. The highest BCUT2D eigenvalue weighted by atomic mass is 16.1. The molecule has 22 heavy (non-hydrogen) atoms. The van der Waals surface area contributed by atoms with Crippen LogP contribution >= 0.6 is 0 Å². The highest BCUT2D eigenvalue weighted by Crippen LogP contribution is 2.51. The maximum Gasteiger partial charge on any atom is 0.244 e. The van der Waals surface area contributed by atoms with E-state index in [1.807, 2.05) is 25.1 Å². The van der Waals surface area contributed by atoms with Gasteiger partial charge in [0, 0.05) is 24.1 Å². The lowest BCUT2D eigenvalue weighted by molar-refractivity contribution is -0.117. The summed E-state index contributed by atoms with van der Waals surface area (Å²) in [6.07, 6.45) is 9.45. The van der Waals surface area contributed by atoms with Gasteiger partial charge < -0.3 is 10.2 Å². The molecule has 3 rings (SSSR count). The van der Waals surface area contributed by atoms with Crippen LogP contribution in [0.5, 0.6) is 0 Å². The molecule has 1 amide bonds. The standard InChI is InChI=1S/C19H26N2O/c1-21(2)14-6-11-18(22)20-19(12-13-19)17-10-5-8-15-7-3-4-9-16(15)17/h3-4,6-7,9,11,17H,5,8,10,12-14H2,1-2H3,(H,20,22)/b11-6+. The van der Waals surface area contributed by atoms with Crippen molar-refractivity contribution in [2.45, 2.75) is 43.6 Å². The van der Waals surface area contributed by atoms with E-state index in [1.54, 1.807) is 6.08 Å². The second-order valence-corrected chi connectivity index (χ2v) is 6.95. The Bertz CT molecular complexity index is 573. The predicted molar refractivity (Wildman–Crippen MR) is 89.9 cm³/mol. The first-order chi connectivity index (χ1) is 10.6. The van der Waals surface area contributed by atoms with E-state index < -0.39 is 0 Å². The molecule has 1 fully saturated rings. The molecular formula is C19H26N2O. The van der Waals surface area contributed by atoms with Crippen molar-refractivity contribution < 1.29 is 4.79 Å². The summed E-state index contributed by atoms with van der Waals surface area (Å²) in [5.41, 5.74) is 2.95. The SMILES string of the molecule is CN(C)C/C=C/C(=O)NC1(C2CCCc3ccccc32)CC1. The Labute approximate surface area is 133 Å². The number of nitrogens with one attached hydrogen (secondary N) is 1. The average molecular weight is 298 g/mol. The lowest BCUT2D eigenvalue weighted by atomic mass is 9.77. The Kier molecular flexibility index (Phi) is 4.34. The molecule has 0 bridgehead atoms. The summed E-state index contributed by atoms with van der Waals surface area (Å²) < 4.78 is 0. The smallest absolute Gasteiger partial charge is 0.244 e. The van der Waals surface area contributed by atoms with Gasteiger partial charge in [-0.2, -0.15) is 0 Å². The first-order valence-electron chi connectivity index (χ1n) is 8.32. The molecule has 0 aromatic heterocycles. The largest absolute Gasteiger partial charge is 0.347 e. The number of amides is 1. The summed E-state index contributed by atoms with van der Waals surface area (Å²) >= 11 is 0. The van der Waals surface area contributed by atoms with Crippen LogP contribution in [0.25, 0.3) is 0 Å². The molecule has 118 valence electrons. The number of aryl methyl sites for hydroxylation is 1. The molecule has 1 aromatic carbocycles. The summed E-state index contributed by atoms with van der Waals surface area (Å²) in [7, 11) is 4.01. The highest BCUT2D eigenvalue weighted by Gasteiger charge is 2.51. The van der Waals surface area contributed by atoms with Crippen LogP contribution in [0.1, 0.15) is 42.7 Å². The molecule has 2 aliphatic carbocycles. The van der Waals surface area contributed by atoms with E-state index in [9.17, 15) is 4.79 Å². The Morgan fingerprint density at radius 1 is 1.36 bits per heavy atom. The summed E-state index contributed by atoms with van der Waals surface area (Å²) in [6, 6.07) is 8.76. The van der Waals surface area contributed by atoms with E-state index in [1.165, 1.54) is 30.4 Å². The summed E-state index contributed by atoms with van der Waals surface area (Å²) in [5.74, 6) is 0.547. The molecular weight excluding hydrogens is 272 g/mol. The van der Waals surface area contributed by atoms with Crippen molar-refractivity contribution in [2.75, 3.05) is 20.6 Å². The van der Waals surface area contributed by atoms with E-state index in [4.69, 9.17) is 0 Å². The van der Waals surface area contributed by atoms with Gasteiger partial charge in [0.15, 0.2) is 0 Å². The topological polar surface area (TPSA) is 32.3 Å². The average Bonchev–Trinajstić information content (AvgIpc) is 3.27. The Morgan fingerprint density at radius 2 is 2.14 bits per heavy atom. The quantitative estimate of drug-likeness (QED) is 0.848. The minimum absolute atomic E-state index is 0.00998. The van der Waals surface area contributed by atoms with Gasteiger partial charge in [0.1, 0.15) is 0 Å². The molecule has 0 radical (unpaired) electrons. The van der Waals surface area contributed by atoms with Crippen molar-refractivity contribution in [1.82, 2.24) is 10.2 Å². The molecule has 1 saturated carbocycles. The molecule has 0 spiro atoms. The number of hydrogen-bond donors (Lipinski definition) is 1. The van der Waals surface area contributed by atoms with Gasteiger partial charge in [0.05, 0.1) is 0 Å². The molecule has 1 N–H and O–H groups in total. The minimum atomic E-state index is 0.00998. The fourth-order valence-electron chi connectivity index (χ4n) is 3.68. The molecule has 3 heteroatoms. The number of rotatable bonds is 5. The van der Waals surface area contributed by atoms with Crippen LogP contribution in [0, 0.1) is 0 Å². The Morgan fingerprint density at radius 3 is 2.86 bits per heavy atom. The van der Waals surface area contributed by atoms with Crippen molar-refractivity contribution in [3.63, 3.8) is 0 Å². The lowest BCUT2D eigenvalue weighted by Gasteiger charge is -2.33. The second kappa shape index (κ2) is 6.25. The number of nitrogens with zero attached hydrogens (tertiary/aromatic N) is 1. The van der Waals surface area contributed by atoms with Crippen LogP contribution in [0.4, 0.5) is 0 Å². The maximum absolute atomic E-state index is 12.2. The highest BCUT2D eigenvalue weighted by molar-refractivity contribution is 5.88. The van der Waals surface area contributed by atoms with Crippen molar-refractivity contribution in [3.8, 4) is 0 Å². The van der Waals surface area contributed by atoms with Gasteiger partial charge in [-0.3, -0.25) is 4.79 Å². The van der Waals surface area contributed by atoms with Gasteiger partial charge in [-0.05, 0) is 57.3 Å². The molecule has 3 nitrogen and oxygen atoms in total. The van der Waals surface area contributed by atoms with E-state index in [0.717, 1.165) is 19.4 Å². The van der Waals surface area contributed by atoms with Crippen LogP contribution in [-0.4, -0.2) is 37.0 Å². The normalized spacial score (nSPS) is 22.6. The zero-order chi connectivity index (χ0) is 15.6. The predicted octanol–water partition coefficient (Wildman–Crippen LogP) is 2.87. The molecule has 0 heterocycles.